The van der Waals surface area contributed by atoms with E-state index in [9.17, 15) is 9.90 Å². The fraction of sp³-hybridized carbons (Fsp3) is 0.286. The van der Waals surface area contributed by atoms with E-state index in [1.165, 1.54) is 6.07 Å². The van der Waals surface area contributed by atoms with Crippen LogP contribution in [-0.2, 0) is 12.8 Å². The molecule has 0 bridgehead atoms. The Hall–Kier alpha value is -2.99. The monoisotopic (exact) mass is 364 g/mol. The van der Waals surface area contributed by atoms with E-state index in [0.29, 0.717) is 24.5 Å². The van der Waals surface area contributed by atoms with Gasteiger partial charge in [0, 0.05) is 29.9 Å². The molecule has 2 aromatic heterocycles. The van der Waals surface area contributed by atoms with Gasteiger partial charge >= 0.3 is 0 Å². The lowest BCUT2D eigenvalue weighted by Gasteiger charge is -2.21. The van der Waals surface area contributed by atoms with Gasteiger partial charge in [-0.15, -0.1) is 0 Å². The molecule has 0 spiro atoms. The number of H-pyrrole nitrogens is 1. The van der Waals surface area contributed by atoms with Crippen LogP contribution >= 0.6 is 0 Å². The normalized spacial score (nSPS) is 13.1. The van der Waals surface area contributed by atoms with Gasteiger partial charge < -0.3 is 15.4 Å². The smallest absolute Gasteiger partial charge is 0.251 e. The molecule has 0 fully saturated rings. The molecule has 6 heteroatoms. The molecule has 0 aliphatic carbocycles. The summed E-state index contributed by atoms with van der Waals surface area (Å²) in [5.74, 6) is 1.17. The highest BCUT2D eigenvalue weighted by atomic mass is 16.3. The highest BCUT2D eigenvalue weighted by Crippen LogP contribution is 2.16. The summed E-state index contributed by atoms with van der Waals surface area (Å²) in [7, 11) is 0. The van der Waals surface area contributed by atoms with Crippen LogP contribution < -0.4 is 10.9 Å². The second-order valence-electron chi connectivity index (χ2n) is 6.56. The molecular formula is C21H24N4O2. The van der Waals surface area contributed by atoms with E-state index < -0.39 is 6.10 Å². The lowest BCUT2D eigenvalue weighted by Crippen LogP contribution is -2.32. The van der Waals surface area contributed by atoms with Crippen molar-refractivity contribution in [2.45, 2.75) is 38.8 Å². The molecule has 0 aliphatic heterocycles. The summed E-state index contributed by atoms with van der Waals surface area (Å²) >= 11 is 0. The third-order valence-electron chi connectivity index (χ3n) is 4.43. The standard InChI is InChI=1S/C21H24N4O2/c1-3-17-12-20(27)25-21(24-17)16-9-10-19(22-13-16)23-14(2)18(26)11-15-7-5-4-6-8-15/h4-10,12-14,18,26H,3,11H2,1-2H3,(H,22,23)(H,24,25,27). The first-order valence-electron chi connectivity index (χ1n) is 9.10. The van der Waals surface area contributed by atoms with Crippen molar-refractivity contribution in [1.82, 2.24) is 15.0 Å². The number of aromatic nitrogens is 3. The largest absolute Gasteiger partial charge is 0.391 e. The van der Waals surface area contributed by atoms with Crippen molar-refractivity contribution in [1.29, 1.82) is 0 Å². The first-order valence-corrected chi connectivity index (χ1v) is 9.10. The predicted octanol–water partition coefficient (Wildman–Crippen LogP) is 2.80. The van der Waals surface area contributed by atoms with Gasteiger partial charge in [-0.1, -0.05) is 37.3 Å². The van der Waals surface area contributed by atoms with Gasteiger partial charge in [0.05, 0.1) is 12.1 Å². The van der Waals surface area contributed by atoms with Gasteiger partial charge in [0.25, 0.3) is 5.56 Å². The SMILES string of the molecule is CCc1cc(=O)[nH]c(-c2ccc(NC(C)C(O)Cc3ccccc3)nc2)n1. The number of nitrogens with zero attached hydrogens (tertiary/aromatic N) is 2. The molecule has 3 N–H and O–H groups in total. The van der Waals surface area contributed by atoms with E-state index >= 15 is 0 Å². The maximum absolute atomic E-state index is 11.7. The molecule has 3 aromatic rings. The van der Waals surface area contributed by atoms with Gasteiger partial charge in [0.1, 0.15) is 11.6 Å². The summed E-state index contributed by atoms with van der Waals surface area (Å²) in [6.07, 6.45) is 2.40. The van der Waals surface area contributed by atoms with Crippen LogP contribution in [0.2, 0.25) is 0 Å². The van der Waals surface area contributed by atoms with E-state index in [1.54, 1.807) is 6.20 Å². The lowest BCUT2D eigenvalue weighted by atomic mass is 10.0. The van der Waals surface area contributed by atoms with Crippen LogP contribution in [0.15, 0.2) is 59.5 Å². The molecule has 0 radical (unpaired) electrons. The average Bonchev–Trinajstić information content (AvgIpc) is 2.68. The first kappa shape index (κ1) is 18.8. The highest BCUT2D eigenvalue weighted by molar-refractivity contribution is 5.56. The topological polar surface area (TPSA) is 90.9 Å². The van der Waals surface area contributed by atoms with Gasteiger partial charge in [-0.2, -0.15) is 0 Å². The van der Waals surface area contributed by atoms with Crippen LogP contribution in [0.3, 0.4) is 0 Å². The number of nitrogens with one attached hydrogen (secondary N) is 2. The number of rotatable bonds is 7. The zero-order valence-corrected chi connectivity index (χ0v) is 15.5. The predicted molar refractivity (Wildman–Crippen MR) is 107 cm³/mol. The minimum atomic E-state index is -0.534. The number of aryl methyl sites for hydroxylation is 1. The van der Waals surface area contributed by atoms with Gasteiger partial charge in [-0.3, -0.25) is 4.79 Å². The van der Waals surface area contributed by atoms with Gasteiger partial charge in [-0.25, -0.2) is 9.97 Å². The van der Waals surface area contributed by atoms with Crippen molar-refractivity contribution in [3.63, 3.8) is 0 Å². The summed E-state index contributed by atoms with van der Waals surface area (Å²) in [5, 5.41) is 13.6. The number of aliphatic hydroxyl groups is 1. The molecule has 2 heterocycles. The molecular weight excluding hydrogens is 340 g/mol. The quantitative estimate of drug-likeness (QED) is 0.600. The van der Waals surface area contributed by atoms with E-state index in [2.05, 4.69) is 20.3 Å². The number of anilines is 1. The summed E-state index contributed by atoms with van der Waals surface area (Å²) in [6, 6.07) is 14.9. The molecule has 3 rings (SSSR count). The maximum atomic E-state index is 11.7. The van der Waals surface area contributed by atoms with Crippen molar-refractivity contribution in [2.24, 2.45) is 0 Å². The number of benzene rings is 1. The molecule has 2 atom stereocenters. The van der Waals surface area contributed by atoms with Gasteiger partial charge in [0.2, 0.25) is 0 Å². The van der Waals surface area contributed by atoms with Crippen LogP contribution in [-0.4, -0.2) is 32.2 Å². The van der Waals surface area contributed by atoms with E-state index in [0.717, 1.165) is 16.8 Å². The lowest BCUT2D eigenvalue weighted by molar-refractivity contribution is 0.158. The minimum absolute atomic E-state index is 0.162. The number of aliphatic hydroxyl groups excluding tert-OH is 1. The van der Waals surface area contributed by atoms with Gasteiger partial charge in [-0.05, 0) is 31.0 Å². The fourth-order valence-corrected chi connectivity index (χ4v) is 2.81. The van der Waals surface area contributed by atoms with Crippen LogP contribution in [0, 0.1) is 0 Å². The van der Waals surface area contributed by atoms with Crippen molar-refractivity contribution < 1.29 is 5.11 Å². The molecule has 6 nitrogen and oxygen atoms in total. The van der Waals surface area contributed by atoms with Crippen LogP contribution in [0.25, 0.3) is 11.4 Å². The Bertz CT molecular complexity index is 923. The fourth-order valence-electron chi connectivity index (χ4n) is 2.81. The third-order valence-corrected chi connectivity index (χ3v) is 4.43. The average molecular weight is 364 g/mol. The van der Waals surface area contributed by atoms with Crippen molar-refractivity contribution in [2.75, 3.05) is 5.32 Å². The first-order chi connectivity index (χ1) is 13.0. The summed E-state index contributed by atoms with van der Waals surface area (Å²) in [6.45, 7) is 3.88. The van der Waals surface area contributed by atoms with Crippen LogP contribution in [0.4, 0.5) is 5.82 Å². The van der Waals surface area contributed by atoms with Crippen molar-refractivity contribution in [3.8, 4) is 11.4 Å². The highest BCUT2D eigenvalue weighted by Gasteiger charge is 2.15. The molecule has 0 saturated heterocycles. The molecule has 0 saturated carbocycles. The Balaban J connectivity index is 1.66. The van der Waals surface area contributed by atoms with E-state index in [4.69, 9.17) is 0 Å². The Kier molecular flexibility index (Phi) is 5.98. The Morgan fingerprint density at radius 2 is 1.96 bits per heavy atom. The second-order valence-corrected chi connectivity index (χ2v) is 6.56. The molecule has 2 unspecified atom stereocenters. The van der Waals surface area contributed by atoms with E-state index in [-0.39, 0.29) is 11.6 Å². The summed E-state index contributed by atoms with van der Waals surface area (Å²) in [5.41, 5.74) is 2.41. The number of pyridine rings is 1. The Labute approximate surface area is 158 Å². The molecule has 27 heavy (non-hydrogen) atoms. The van der Waals surface area contributed by atoms with Crippen molar-refractivity contribution in [3.05, 3.63) is 76.3 Å². The van der Waals surface area contributed by atoms with E-state index in [1.807, 2.05) is 56.3 Å². The number of hydrogen-bond acceptors (Lipinski definition) is 5. The second kappa shape index (κ2) is 8.60. The van der Waals surface area contributed by atoms with Crippen LogP contribution in [0.1, 0.15) is 25.1 Å². The third kappa shape index (κ3) is 5.01. The van der Waals surface area contributed by atoms with Gasteiger partial charge in [0.15, 0.2) is 0 Å². The molecule has 1 aromatic carbocycles. The van der Waals surface area contributed by atoms with Crippen molar-refractivity contribution >= 4 is 5.82 Å². The Morgan fingerprint density at radius 3 is 2.63 bits per heavy atom. The number of hydrogen-bond donors (Lipinski definition) is 3. The zero-order chi connectivity index (χ0) is 19.2. The molecule has 140 valence electrons. The Morgan fingerprint density at radius 1 is 1.19 bits per heavy atom. The zero-order valence-electron chi connectivity index (χ0n) is 15.5. The number of aromatic amines is 1. The molecule has 0 amide bonds. The molecule has 0 aliphatic rings. The maximum Gasteiger partial charge on any atom is 0.251 e. The van der Waals surface area contributed by atoms with Crippen LogP contribution in [0.5, 0.6) is 0 Å². The summed E-state index contributed by atoms with van der Waals surface area (Å²) in [4.78, 5) is 23.3. The minimum Gasteiger partial charge on any atom is -0.391 e. The summed E-state index contributed by atoms with van der Waals surface area (Å²) < 4.78 is 0.